The lowest BCUT2D eigenvalue weighted by atomic mass is 9.90. The van der Waals surface area contributed by atoms with E-state index in [1.807, 2.05) is 6.20 Å². The molecule has 3 aromatic rings. The van der Waals surface area contributed by atoms with Gasteiger partial charge in [-0.3, -0.25) is 0 Å². The highest BCUT2D eigenvalue weighted by molar-refractivity contribution is 7.90. The highest BCUT2D eigenvalue weighted by Gasteiger charge is 2.36. The van der Waals surface area contributed by atoms with Gasteiger partial charge in [0.2, 0.25) is 0 Å². The van der Waals surface area contributed by atoms with Crippen LogP contribution in [0.2, 0.25) is 0 Å². The van der Waals surface area contributed by atoms with Gasteiger partial charge < -0.3 is 15.2 Å². The number of anilines is 1. The van der Waals surface area contributed by atoms with Gasteiger partial charge in [-0.15, -0.1) is 0 Å². The first-order valence-electron chi connectivity index (χ1n) is 10.8. The number of nitrogens with one attached hydrogen (secondary N) is 2. The van der Waals surface area contributed by atoms with Gasteiger partial charge in [-0.05, 0) is 74.2 Å². The molecule has 7 nitrogen and oxygen atoms in total. The molecule has 0 spiro atoms. The van der Waals surface area contributed by atoms with Gasteiger partial charge in [0.25, 0.3) is 10.0 Å². The molecule has 0 unspecified atom stereocenters. The second-order valence-corrected chi connectivity index (χ2v) is 10.3. The smallest absolute Gasteiger partial charge is 0.335 e. The van der Waals surface area contributed by atoms with Crippen molar-refractivity contribution in [3.63, 3.8) is 0 Å². The number of amides is 2. The van der Waals surface area contributed by atoms with Crippen LogP contribution in [0.4, 0.5) is 14.9 Å². The summed E-state index contributed by atoms with van der Waals surface area (Å²) < 4.78 is 40.3. The van der Waals surface area contributed by atoms with Crippen molar-refractivity contribution in [3.05, 3.63) is 60.0 Å². The Morgan fingerprint density at radius 1 is 1.06 bits per heavy atom. The number of H-pyrrole nitrogens is 1. The SMILES string of the molecule is O=C1Nc2ccccc2S(=O)(=O)N1CCN1CCC(Cc2c[nH]c3ccc(F)cc23)CC1. The number of aromatic nitrogens is 1. The van der Waals surface area contributed by atoms with Gasteiger partial charge >= 0.3 is 6.03 Å². The first kappa shape index (κ1) is 21.0. The van der Waals surface area contributed by atoms with E-state index in [0.29, 0.717) is 18.2 Å². The molecule has 1 saturated heterocycles. The molecule has 3 heterocycles. The number of carbonyl (C=O) groups excluding carboxylic acids is 1. The molecule has 0 atom stereocenters. The van der Waals surface area contributed by atoms with Gasteiger partial charge in [-0.2, -0.15) is 0 Å². The van der Waals surface area contributed by atoms with E-state index < -0.39 is 16.1 Å². The average Bonchev–Trinajstić information content (AvgIpc) is 3.16. The first-order chi connectivity index (χ1) is 15.4. The second-order valence-electron chi connectivity index (χ2n) is 8.50. The van der Waals surface area contributed by atoms with Crippen molar-refractivity contribution >= 4 is 32.6 Å². The molecule has 9 heteroatoms. The summed E-state index contributed by atoms with van der Waals surface area (Å²) in [7, 11) is -3.84. The third-order valence-electron chi connectivity index (χ3n) is 6.49. The largest absolute Gasteiger partial charge is 0.361 e. The van der Waals surface area contributed by atoms with Crippen molar-refractivity contribution in [2.45, 2.75) is 24.2 Å². The number of benzene rings is 2. The van der Waals surface area contributed by atoms with Crippen LogP contribution in [0.1, 0.15) is 18.4 Å². The standard InChI is InChI=1S/C23H25FN4O3S/c24-18-5-6-20-19(14-18)17(15-25-20)13-16-7-9-27(10-8-16)11-12-28-23(29)26-21-3-1-2-4-22(21)32(28,30)31/h1-6,14-16,25H,7-13H2,(H,26,29). The quantitative estimate of drug-likeness (QED) is 0.612. The Kier molecular flexibility index (Phi) is 5.38. The third kappa shape index (κ3) is 3.86. The van der Waals surface area contributed by atoms with Gasteiger partial charge in [0, 0.05) is 23.6 Å². The molecular weight excluding hydrogens is 431 g/mol. The number of rotatable bonds is 5. The highest BCUT2D eigenvalue weighted by atomic mass is 32.2. The number of urea groups is 1. The second kappa shape index (κ2) is 8.22. The Bertz CT molecular complexity index is 1270. The molecule has 5 rings (SSSR count). The Labute approximate surface area is 186 Å². The Morgan fingerprint density at radius 3 is 2.66 bits per heavy atom. The molecule has 2 N–H and O–H groups in total. The molecule has 0 radical (unpaired) electrons. The predicted molar refractivity (Wildman–Crippen MR) is 120 cm³/mol. The zero-order chi connectivity index (χ0) is 22.3. The summed E-state index contributed by atoms with van der Waals surface area (Å²) >= 11 is 0. The number of carbonyl (C=O) groups is 1. The predicted octanol–water partition coefficient (Wildman–Crippen LogP) is 3.80. The van der Waals surface area contributed by atoms with Crippen molar-refractivity contribution in [1.29, 1.82) is 0 Å². The molecule has 0 aliphatic carbocycles. The van der Waals surface area contributed by atoms with E-state index in [4.69, 9.17) is 0 Å². The van der Waals surface area contributed by atoms with Crippen LogP contribution in [0.25, 0.3) is 10.9 Å². The Hall–Kier alpha value is -2.91. The first-order valence-corrected chi connectivity index (χ1v) is 12.3. The zero-order valence-corrected chi connectivity index (χ0v) is 18.4. The minimum absolute atomic E-state index is 0.120. The number of hydrogen-bond acceptors (Lipinski definition) is 4. The van der Waals surface area contributed by atoms with Gasteiger partial charge in [0.05, 0.1) is 12.2 Å². The monoisotopic (exact) mass is 456 g/mol. The maximum absolute atomic E-state index is 13.6. The average molecular weight is 457 g/mol. The van der Waals surface area contributed by atoms with Crippen LogP contribution < -0.4 is 5.32 Å². The summed E-state index contributed by atoms with van der Waals surface area (Å²) in [5.74, 6) is 0.259. The topological polar surface area (TPSA) is 85.5 Å². The molecule has 2 aromatic carbocycles. The number of nitrogens with zero attached hydrogens (tertiary/aromatic N) is 2. The van der Waals surface area contributed by atoms with E-state index in [2.05, 4.69) is 15.2 Å². The molecule has 2 aliphatic rings. The van der Waals surface area contributed by atoms with E-state index >= 15 is 0 Å². The van der Waals surface area contributed by atoms with Crippen LogP contribution in [0.3, 0.4) is 0 Å². The van der Waals surface area contributed by atoms with Gasteiger partial charge in [-0.1, -0.05) is 12.1 Å². The number of fused-ring (bicyclic) bond motifs is 2. The van der Waals surface area contributed by atoms with Crippen molar-refractivity contribution < 1.29 is 17.6 Å². The maximum Gasteiger partial charge on any atom is 0.335 e. The zero-order valence-electron chi connectivity index (χ0n) is 17.6. The van der Waals surface area contributed by atoms with E-state index in [9.17, 15) is 17.6 Å². The number of halogens is 1. The lowest BCUT2D eigenvalue weighted by Crippen LogP contribution is -2.48. The number of hydrogen-bond donors (Lipinski definition) is 2. The minimum atomic E-state index is -3.84. The summed E-state index contributed by atoms with van der Waals surface area (Å²) in [6.45, 7) is 2.30. The lowest BCUT2D eigenvalue weighted by Gasteiger charge is -2.34. The van der Waals surface area contributed by atoms with Crippen molar-refractivity contribution in [3.8, 4) is 0 Å². The van der Waals surface area contributed by atoms with Crippen molar-refractivity contribution in [2.24, 2.45) is 5.92 Å². The number of piperidine rings is 1. The molecular formula is C23H25FN4O3S. The molecule has 2 amide bonds. The Balaban J connectivity index is 1.18. The van der Waals surface area contributed by atoms with Crippen LogP contribution in [-0.2, 0) is 16.4 Å². The fraction of sp³-hybridized carbons (Fsp3) is 0.348. The summed E-state index contributed by atoms with van der Waals surface area (Å²) in [6, 6.07) is 10.7. The van der Waals surface area contributed by atoms with Gasteiger partial charge in [0.1, 0.15) is 10.7 Å². The number of likely N-dealkylation sites (tertiary alicyclic amines) is 1. The van der Waals surface area contributed by atoms with Gasteiger partial charge in [-0.25, -0.2) is 21.9 Å². The molecule has 0 saturated carbocycles. The van der Waals surface area contributed by atoms with E-state index in [0.717, 1.165) is 53.1 Å². The maximum atomic E-state index is 13.6. The molecule has 32 heavy (non-hydrogen) atoms. The van der Waals surface area contributed by atoms with Gasteiger partial charge in [0.15, 0.2) is 0 Å². The normalized spacial score (nSPS) is 19.2. The third-order valence-corrected chi connectivity index (χ3v) is 8.33. The minimum Gasteiger partial charge on any atom is -0.361 e. The van der Waals surface area contributed by atoms with Crippen LogP contribution in [0.5, 0.6) is 0 Å². The van der Waals surface area contributed by atoms with Crippen molar-refractivity contribution in [1.82, 2.24) is 14.2 Å². The Morgan fingerprint density at radius 2 is 1.84 bits per heavy atom. The molecule has 0 bridgehead atoms. The highest BCUT2D eigenvalue weighted by Crippen LogP contribution is 2.30. The van der Waals surface area contributed by atoms with Crippen LogP contribution in [0.15, 0.2) is 53.6 Å². The summed E-state index contributed by atoms with van der Waals surface area (Å²) in [5.41, 5.74) is 2.40. The number of aromatic amines is 1. The number of para-hydroxylation sites is 1. The molecule has 1 fully saturated rings. The van der Waals surface area contributed by atoms with E-state index in [1.54, 1.807) is 30.3 Å². The molecule has 1 aromatic heterocycles. The summed E-state index contributed by atoms with van der Waals surface area (Å²) in [4.78, 5) is 17.9. The number of sulfonamides is 1. The van der Waals surface area contributed by atoms with Crippen LogP contribution in [-0.4, -0.2) is 54.8 Å². The molecule has 2 aliphatic heterocycles. The fourth-order valence-electron chi connectivity index (χ4n) is 4.70. The van der Waals surface area contributed by atoms with Crippen molar-refractivity contribution in [2.75, 3.05) is 31.5 Å². The van der Waals surface area contributed by atoms with Crippen LogP contribution >= 0.6 is 0 Å². The van der Waals surface area contributed by atoms with E-state index in [-0.39, 0.29) is 17.3 Å². The summed E-state index contributed by atoms with van der Waals surface area (Å²) in [6.07, 6.45) is 4.80. The molecule has 168 valence electrons. The van der Waals surface area contributed by atoms with Crippen LogP contribution in [0, 0.1) is 11.7 Å². The fourth-order valence-corrected chi connectivity index (χ4v) is 6.17. The lowest BCUT2D eigenvalue weighted by molar-refractivity contribution is 0.175. The summed E-state index contributed by atoms with van der Waals surface area (Å²) in [5, 5.41) is 3.60. The van der Waals surface area contributed by atoms with E-state index in [1.165, 1.54) is 12.1 Å².